The van der Waals surface area contributed by atoms with Gasteiger partial charge in [0.25, 0.3) is 5.91 Å². The van der Waals surface area contributed by atoms with Crippen molar-refractivity contribution in [3.63, 3.8) is 0 Å². The van der Waals surface area contributed by atoms with E-state index >= 15 is 0 Å². The summed E-state index contributed by atoms with van der Waals surface area (Å²) in [6, 6.07) is 18.9. The van der Waals surface area contributed by atoms with E-state index in [-0.39, 0.29) is 18.4 Å². The second kappa shape index (κ2) is 7.84. The molecule has 0 saturated heterocycles. The fourth-order valence-corrected chi connectivity index (χ4v) is 2.05. The van der Waals surface area contributed by atoms with Crippen molar-refractivity contribution in [1.29, 1.82) is 5.26 Å². The maximum Gasteiger partial charge on any atom is 0.257 e. The average molecular weight is 294 g/mol. The zero-order valence-corrected chi connectivity index (χ0v) is 12.5. The largest absolute Gasteiger partial charge is 0.482 e. The molecule has 0 fully saturated rings. The van der Waals surface area contributed by atoms with E-state index in [1.165, 1.54) is 5.56 Å². The molecule has 2 rings (SSSR count). The van der Waals surface area contributed by atoms with Crippen molar-refractivity contribution < 1.29 is 9.53 Å². The van der Waals surface area contributed by atoms with Crippen LogP contribution < -0.4 is 10.1 Å². The lowest BCUT2D eigenvalue weighted by atomic mass is 10.0. The van der Waals surface area contributed by atoms with E-state index in [4.69, 9.17) is 10.00 Å². The molecule has 1 amide bonds. The van der Waals surface area contributed by atoms with Gasteiger partial charge in [-0.15, -0.1) is 0 Å². The summed E-state index contributed by atoms with van der Waals surface area (Å²) < 4.78 is 5.39. The zero-order chi connectivity index (χ0) is 15.8. The molecular weight excluding hydrogens is 276 g/mol. The van der Waals surface area contributed by atoms with Gasteiger partial charge in [0.15, 0.2) is 6.61 Å². The monoisotopic (exact) mass is 294 g/mol. The minimum atomic E-state index is -0.199. The Morgan fingerprint density at radius 2 is 1.86 bits per heavy atom. The third-order valence-electron chi connectivity index (χ3n) is 3.34. The average Bonchev–Trinajstić information content (AvgIpc) is 2.58. The van der Waals surface area contributed by atoms with Gasteiger partial charge in [0.05, 0.1) is 5.56 Å². The molecule has 0 spiro atoms. The highest BCUT2D eigenvalue weighted by molar-refractivity contribution is 5.77. The van der Waals surface area contributed by atoms with Crippen LogP contribution in [0.15, 0.2) is 54.6 Å². The van der Waals surface area contributed by atoms with E-state index in [0.717, 1.165) is 0 Å². The third kappa shape index (κ3) is 4.35. The highest BCUT2D eigenvalue weighted by atomic mass is 16.5. The predicted molar refractivity (Wildman–Crippen MR) is 84.5 cm³/mol. The summed E-state index contributed by atoms with van der Waals surface area (Å²) in [5.41, 5.74) is 1.60. The third-order valence-corrected chi connectivity index (χ3v) is 3.34. The molecule has 0 heterocycles. The molecule has 0 radical (unpaired) electrons. The fourth-order valence-electron chi connectivity index (χ4n) is 2.05. The number of nitrogens with one attached hydrogen (secondary N) is 1. The number of hydrogen-bond acceptors (Lipinski definition) is 3. The van der Waals surface area contributed by atoms with Crippen LogP contribution in [0.5, 0.6) is 5.75 Å². The molecule has 0 aliphatic heterocycles. The molecule has 4 nitrogen and oxygen atoms in total. The SMILES string of the molecule is C[C@@H](CNC(=O)COc1ccccc1C#N)c1ccccc1. The van der Waals surface area contributed by atoms with Gasteiger partial charge in [0.2, 0.25) is 0 Å². The van der Waals surface area contributed by atoms with Crippen molar-refractivity contribution >= 4 is 5.91 Å². The van der Waals surface area contributed by atoms with E-state index in [0.29, 0.717) is 17.9 Å². The van der Waals surface area contributed by atoms with Gasteiger partial charge in [0, 0.05) is 6.54 Å². The lowest BCUT2D eigenvalue weighted by Crippen LogP contribution is -2.31. The van der Waals surface area contributed by atoms with E-state index in [9.17, 15) is 4.79 Å². The van der Waals surface area contributed by atoms with Gasteiger partial charge in [-0.25, -0.2) is 0 Å². The molecule has 2 aromatic rings. The van der Waals surface area contributed by atoms with Crippen LogP contribution in [0.2, 0.25) is 0 Å². The first kappa shape index (κ1) is 15.6. The smallest absolute Gasteiger partial charge is 0.257 e. The van der Waals surface area contributed by atoms with Crippen molar-refractivity contribution in [2.45, 2.75) is 12.8 Å². The molecule has 0 aromatic heterocycles. The number of carbonyl (C=O) groups is 1. The fraction of sp³-hybridized carbons (Fsp3) is 0.222. The molecule has 0 unspecified atom stereocenters. The summed E-state index contributed by atoms with van der Waals surface area (Å²) in [5, 5.41) is 11.8. The van der Waals surface area contributed by atoms with E-state index in [1.807, 2.05) is 36.4 Å². The Morgan fingerprint density at radius 1 is 1.18 bits per heavy atom. The number of para-hydroxylation sites is 1. The topological polar surface area (TPSA) is 62.1 Å². The van der Waals surface area contributed by atoms with Crippen molar-refractivity contribution in [1.82, 2.24) is 5.32 Å². The number of nitrogens with zero attached hydrogens (tertiary/aromatic N) is 1. The number of rotatable bonds is 6. The van der Waals surface area contributed by atoms with Crippen LogP contribution in [-0.2, 0) is 4.79 Å². The van der Waals surface area contributed by atoms with Gasteiger partial charge in [-0.1, -0.05) is 49.4 Å². The quantitative estimate of drug-likeness (QED) is 0.891. The number of carbonyl (C=O) groups excluding carboxylic acids is 1. The maximum absolute atomic E-state index is 11.8. The van der Waals surface area contributed by atoms with Gasteiger partial charge in [-0.05, 0) is 23.6 Å². The van der Waals surface area contributed by atoms with Crippen LogP contribution >= 0.6 is 0 Å². The number of amides is 1. The van der Waals surface area contributed by atoms with Gasteiger partial charge in [-0.3, -0.25) is 4.79 Å². The molecule has 0 aliphatic carbocycles. The van der Waals surface area contributed by atoms with Crippen LogP contribution in [-0.4, -0.2) is 19.1 Å². The number of benzene rings is 2. The summed E-state index contributed by atoms with van der Waals surface area (Å²) >= 11 is 0. The normalized spacial score (nSPS) is 11.3. The van der Waals surface area contributed by atoms with E-state index in [1.54, 1.807) is 24.3 Å². The summed E-state index contributed by atoms with van der Waals surface area (Å²) in [6.45, 7) is 2.51. The number of hydrogen-bond donors (Lipinski definition) is 1. The predicted octanol–water partition coefficient (Wildman–Crippen LogP) is 2.86. The molecule has 4 heteroatoms. The second-order valence-corrected chi connectivity index (χ2v) is 5.01. The highest BCUT2D eigenvalue weighted by Crippen LogP contribution is 2.16. The first-order chi connectivity index (χ1) is 10.7. The number of ether oxygens (including phenoxy) is 1. The summed E-state index contributed by atoms with van der Waals surface area (Å²) in [5.74, 6) is 0.461. The molecule has 1 atom stereocenters. The Labute approximate surface area is 130 Å². The molecule has 22 heavy (non-hydrogen) atoms. The maximum atomic E-state index is 11.8. The molecular formula is C18H18N2O2. The first-order valence-corrected chi connectivity index (χ1v) is 7.14. The minimum Gasteiger partial charge on any atom is -0.482 e. The minimum absolute atomic E-state index is 0.0970. The lowest BCUT2D eigenvalue weighted by Gasteiger charge is -2.13. The Kier molecular flexibility index (Phi) is 5.56. The molecule has 2 aromatic carbocycles. The lowest BCUT2D eigenvalue weighted by molar-refractivity contribution is -0.123. The summed E-state index contributed by atoms with van der Waals surface area (Å²) in [7, 11) is 0. The van der Waals surface area contributed by atoms with Crippen molar-refractivity contribution in [3.05, 3.63) is 65.7 Å². The Balaban J connectivity index is 1.80. The van der Waals surface area contributed by atoms with E-state index < -0.39 is 0 Å². The van der Waals surface area contributed by atoms with Crippen molar-refractivity contribution in [2.24, 2.45) is 0 Å². The van der Waals surface area contributed by atoms with Crippen LogP contribution in [0, 0.1) is 11.3 Å². The second-order valence-electron chi connectivity index (χ2n) is 5.01. The highest BCUT2D eigenvalue weighted by Gasteiger charge is 2.09. The first-order valence-electron chi connectivity index (χ1n) is 7.14. The van der Waals surface area contributed by atoms with Crippen LogP contribution in [0.25, 0.3) is 0 Å². The van der Waals surface area contributed by atoms with Gasteiger partial charge in [-0.2, -0.15) is 5.26 Å². The molecule has 112 valence electrons. The van der Waals surface area contributed by atoms with Crippen molar-refractivity contribution in [2.75, 3.05) is 13.2 Å². The molecule has 0 saturated carbocycles. The van der Waals surface area contributed by atoms with Gasteiger partial charge < -0.3 is 10.1 Å². The summed E-state index contributed by atoms with van der Waals surface area (Å²) in [4.78, 5) is 11.8. The zero-order valence-electron chi connectivity index (χ0n) is 12.5. The Bertz CT molecular complexity index is 662. The van der Waals surface area contributed by atoms with Crippen LogP contribution in [0.3, 0.4) is 0 Å². The molecule has 0 aliphatic rings. The Morgan fingerprint density at radius 3 is 2.59 bits per heavy atom. The van der Waals surface area contributed by atoms with Crippen LogP contribution in [0.4, 0.5) is 0 Å². The molecule has 0 bridgehead atoms. The standard InChI is InChI=1S/C18H18N2O2/c1-14(15-7-3-2-4-8-15)12-20-18(21)13-22-17-10-6-5-9-16(17)11-19/h2-10,14H,12-13H2,1H3,(H,20,21)/t14-/m0/s1. The van der Waals surface area contributed by atoms with Crippen molar-refractivity contribution in [3.8, 4) is 11.8 Å². The Hall–Kier alpha value is -2.80. The summed E-state index contributed by atoms with van der Waals surface area (Å²) in [6.07, 6.45) is 0. The van der Waals surface area contributed by atoms with Gasteiger partial charge >= 0.3 is 0 Å². The number of nitriles is 1. The van der Waals surface area contributed by atoms with E-state index in [2.05, 4.69) is 12.2 Å². The molecule has 1 N–H and O–H groups in total. The van der Waals surface area contributed by atoms with Crippen LogP contribution in [0.1, 0.15) is 24.0 Å². The van der Waals surface area contributed by atoms with Gasteiger partial charge in [0.1, 0.15) is 11.8 Å².